The maximum Gasteiger partial charge on any atom is 0.194 e. The van der Waals surface area contributed by atoms with Crippen molar-refractivity contribution in [1.29, 1.82) is 15.8 Å². The van der Waals surface area contributed by atoms with Crippen LogP contribution in [0.1, 0.15) is 17.0 Å². The first-order valence-electron chi connectivity index (χ1n) is 8.51. The molecule has 1 aliphatic heterocycles. The fourth-order valence-electron chi connectivity index (χ4n) is 4.00. The lowest BCUT2D eigenvalue weighted by Crippen LogP contribution is -2.39. The number of halogens is 1. The van der Waals surface area contributed by atoms with E-state index in [9.17, 15) is 15.8 Å². The van der Waals surface area contributed by atoms with Crippen molar-refractivity contribution < 1.29 is 0 Å². The molecule has 1 unspecified atom stereocenters. The van der Waals surface area contributed by atoms with Gasteiger partial charge >= 0.3 is 0 Å². The lowest BCUT2D eigenvalue weighted by molar-refractivity contribution is 0.513. The zero-order chi connectivity index (χ0) is 19.9. The minimum absolute atomic E-state index is 0.00503. The Balaban J connectivity index is 2.11. The molecule has 0 bridgehead atoms. The third kappa shape index (κ3) is 2.44. The van der Waals surface area contributed by atoms with Crippen LogP contribution >= 0.6 is 23.4 Å². The summed E-state index contributed by atoms with van der Waals surface area (Å²) in [6.45, 7) is 0. The van der Waals surface area contributed by atoms with E-state index in [0.717, 1.165) is 27.2 Å². The number of thioether (sulfide) groups is 1. The van der Waals surface area contributed by atoms with E-state index in [1.165, 1.54) is 0 Å². The summed E-state index contributed by atoms with van der Waals surface area (Å²) in [6, 6.07) is 21.4. The van der Waals surface area contributed by atoms with E-state index in [1.54, 1.807) is 30.0 Å². The van der Waals surface area contributed by atoms with Crippen LogP contribution in [0.5, 0.6) is 0 Å². The molecular weight excluding hydrogens is 388 g/mol. The zero-order valence-electron chi connectivity index (χ0n) is 14.6. The predicted molar refractivity (Wildman–Crippen MR) is 109 cm³/mol. The van der Waals surface area contributed by atoms with E-state index in [-0.39, 0.29) is 11.3 Å². The van der Waals surface area contributed by atoms with Gasteiger partial charge in [0.15, 0.2) is 5.41 Å². The van der Waals surface area contributed by atoms with E-state index < -0.39 is 11.3 Å². The largest absolute Gasteiger partial charge is 0.399 e. The highest BCUT2D eigenvalue weighted by atomic mass is 35.5. The Hall–Kier alpha value is -3.17. The monoisotopic (exact) mass is 400 g/mol. The molecule has 6 heteroatoms. The Morgan fingerprint density at radius 2 is 1.82 bits per heavy atom. The summed E-state index contributed by atoms with van der Waals surface area (Å²) in [5, 5.41) is 30.5. The molecule has 28 heavy (non-hydrogen) atoms. The zero-order valence-corrected chi connectivity index (χ0v) is 16.2. The SMILES string of the molecule is N#CC1=C(N)C(C#N)(C#N)C(c2cccc(Cl)c2)C2=C1c1ccccc1SC2. The van der Waals surface area contributed by atoms with Gasteiger partial charge in [-0.2, -0.15) is 15.8 Å². The quantitative estimate of drug-likeness (QED) is 0.743. The molecule has 0 saturated carbocycles. The number of hydrogen-bond acceptors (Lipinski definition) is 5. The van der Waals surface area contributed by atoms with Crippen LogP contribution in [-0.4, -0.2) is 5.75 Å². The molecule has 0 fully saturated rings. The first kappa shape index (κ1) is 18.2. The van der Waals surface area contributed by atoms with E-state index in [4.69, 9.17) is 17.3 Å². The summed E-state index contributed by atoms with van der Waals surface area (Å²) in [4.78, 5) is 1.05. The Labute approximate surface area is 172 Å². The van der Waals surface area contributed by atoms with Crippen LogP contribution < -0.4 is 5.73 Å². The molecule has 0 aromatic heterocycles. The second-order valence-electron chi connectivity index (χ2n) is 6.61. The van der Waals surface area contributed by atoms with Crippen LogP contribution in [-0.2, 0) is 0 Å². The summed E-state index contributed by atoms with van der Waals surface area (Å²) in [5.41, 5.74) is 8.15. The van der Waals surface area contributed by atoms with Crippen LogP contribution in [0.15, 0.2) is 70.3 Å². The molecule has 0 radical (unpaired) electrons. The van der Waals surface area contributed by atoms with Crippen molar-refractivity contribution in [2.24, 2.45) is 11.1 Å². The molecule has 1 aliphatic carbocycles. The third-order valence-electron chi connectivity index (χ3n) is 5.23. The molecule has 2 aromatic carbocycles. The topological polar surface area (TPSA) is 97.4 Å². The smallest absolute Gasteiger partial charge is 0.194 e. The number of nitriles is 3. The van der Waals surface area contributed by atoms with Gasteiger partial charge in [0.2, 0.25) is 0 Å². The van der Waals surface area contributed by atoms with Crippen LogP contribution in [0.2, 0.25) is 5.02 Å². The fraction of sp³-hybridized carbons (Fsp3) is 0.136. The predicted octanol–water partition coefficient (Wildman–Crippen LogP) is 4.77. The minimum Gasteiger partial charge on any atom is -0.399 e. The normalized spacial score (nSPS) is 19.7. The third-order valence-corrected chi connectivity index (χ3v) is 6.59. The summed E-state index contributed by atoms with van der Waals surface area (Å²) in [7, 11) is 0. The van der Waals surface area contributed by atoms with Gasteiger partial charge in [0.1, 0.15) is 6.07 Å². The second kappa shape index (κ2) is 6.77. The van der Waals surface area contributed by atoms with Gasteiger partial charge in [0.25, 0.3) is 0 Å². The Bertz CT molecular complexity index is 1180. The van der Waals surface area contributed by atoms with Crippen molar-refractivity contribution in [3.63, 3.8) is 0 Å². The Kier molecular flexibility index (Phi) is 4.40. The van der Waals surface area contributed by atoms with Gasteiger partial charge in [-0.15, -0.1) is 11.8 Å². The van der Waals surface area contributed by atoms with Crippen molar-refractivity contribution in [2.45, 2.75) is 10.8 Å². The lowest BCUT2D eigenvalue weighted by Gasteiger charge is -2.40. The average Bonchev–Trinajstić information content (AvgIpc) is 2.73. The van der Waals surface area contributed by atoms with Gasteiger partial charge in [0, 0.05) is 27.2 Å². The number of fused-ring (bicyclic) bond motifs is 2. The van der Waals surface area contributed by atoms with E-state index in [2.05, 4.69) is 18.2 Å². The second-order valence-corrected chi connectivity index (χ2v) is 8.06. The highest BCUT2D eigenvalue weighted by Crippen LogP contribution is 2.56. The summed E-state index contributed by atoms with van der Waals surface area (Å²) >= 11 is 7.84. The van der Waals surface area contributed by atoms with Gasteiger partial charge in [0.05, 0.1) is 23.4 Å². The summed E-state index contributed by atoms with van der Waals surface area (Å²) in [6.07, 6.45) is 0. The average molecular weight is 401 g/mol. The standard InChI is InChI=1S/C22H13ClN4S/c23-14-5-3-4-13(8-14)20-17-10-28-18-7-2-1-6-15(18)19(17)16(9-24)21(27)22(20,11-25)12-26/h1-8,20H,10,27H2. The van der Waals surface area contributed by atoms with E-state index in [0.29, 0.717) is 10.8 Å². The van der Waals surface area contributed by atoms with Gasteiger partial charge in [-0.1, -0.05) is 41.9 Å². The van der Waals surface area contributed by atoms with Crippen molar-refractivity contribution >= 4 is 28.9 Å². The first-order chi connectivity index (χ1) is 13.6. The Morgan fingerprint density at radius 1 is 1.07 bits per heavy atom. The Morgan fingerprint density at radius 3 is 2.50 bits per heavy atom. The van der Waals surface area contributed by atoms with E-state index in [1.807, 2.05) is 30.3 Å². The molecule has 134 valence electrons. The molecule has 0 amide bonds. The molecule has 4 nitrogen and oxygen atoms in total. The van der Waals surface area contributed by atoms with Gasteiger partial charge in [-0.3, -0.25) is 0 Å². The summed E-state index contributed by atoms with van der Waals surface area (Å²) in [5.74, 6) is -0.0400. The molecule has 2 N–H and O–H groups in total. The number of hydrogen-bond donors (Lipinski definition) is 1. The molecule has 0 spiro atoms. The maximum atomic E-state index is 10.1. The molecular formula is C22H13ClN4S. The number of rotatable bonds is 1. The van der Waals surface area contributed by atoms with Crippen LogP contribution in [0, 0.1) is 39.4 Å². The van der Waals surface area contributed by atoms with E-state index >= 15 is 0 Å². The fourth-order valence-corrected chi connectivity index (χ4v) is 5.32. The molecule has 0 saturated heterocycles. The number of nitrogens with two attached hydrogens (primary N) is 1. The maximum absolute atomic E-state index is 10.1. The van der Waals surface area contributed by atoms with Gasteiger partial charge in [-0.25, -0.2) is 0 Å². The van der Waals surface area contributed by atoms with Crippen LogP contribution in [0.4, 0.5) is 0 Å². The summed E-state index contributed by atoms with van der Waals surface area (Å²) < 4.78 is 0. The van der Waals surface area contributed by atoms with Crippen molar-refractivity contribution in [3.8, 4) is 18.2 Å². The van der Waals surface area contributed by atoms with Crippen molar-refractivity contribution in [2.75, 3.05) is 5.75 Å². The molecule has 2 aliphatic rings. The molecule has 1 heterocycles. The highest BCUT2D eigenvalue weighted by molar-refractivity contribution is 7.99. The number of allylic oxidation sites excluding steroid dienone is 3. The van der Waals surface area contributed by atoms with Crippen molar-refractivity contribution in [1.82, 2.24) is 0 Å². The molecule has 1 atom stereocenters. The van der Waals surface area contributed by atoms with Crippen LogP contribution in [0.25, 0.3) is 5.57 Å². The number of benzene rings is 2. The van der Waals surface area contributed by atoms with Gasteiger partial charge < -0.3 is 5.73 Å². The molecule has 4 rings (SSSR count). The highest BCUT2D eigenvalue weighted by Gasteiger charge is 2.51. The molecule has 2 aromatic rings. The minimum atomic E-state index is -1.67. The lowest BCUT2D eigenvalue weighted by atomic mass is 9.62. The first-order valence-corrected chi connectivity index (χ1v) is 9.87. The van der Waals surface area contributed by atoms with Crippen LogP contribution in [0.3, 0.4) is 0 Å². The van der Waals surface area contributed by atoms with Gasteiger partial charge in [-0.05, 0) is 34.9 Å². The van der Waals surface area contributed by atoms with Crippen molar-refractivity contribution in [3.05, 3.63) is 81.5 Å². The number of nitrogens with zero attached hydrogens (tertiary/aromatic N) is 3.